The lowest BCUT2D eigenvalue weighted by atomic mass is 10.1. The standard InChI is InChI=1S/C19H25N7O3/c1-2-21-18(27)12-6-10-14(11-7-12)26-15(4-3-5-16(20)24-29)17(23-25-26)19(28)22-13-8-9-13/h6-7,10-11,13,29H,2-5,8-9H2,1H3,(H2,20,24)(H,21,27)(H,22,28)/p-1. The number of carbonyl (C=O) groups is 1. The number of aliphatic imine (C=N–C) groups is 1. The number of aromatic nitrogens is 3. The summed E-state index contributed by atoms with van der Waals surface area (Å²) in [6, 6.07) is 7.02. The first-order valence-corrected chi connectivity index (χ1v) is 9.57. The Hall–Kier alpha value is -3.43. The van der Waals surface area contributed by atoms with Gasteiger partial charge in [0, 0.05) is 19.0 Å². The quantitative estimate of drug-likeness (QED) is 0.240. The first kappa shape index (κ1) is 20.3. The normalized spacial score (nSPS) is 14.8. The van der Waals surface area contributed by atoms with Gasteiger partial charge in [0.2, 0.25) is 0 Å². The Bertz CT molecular complexity index is 914. The fraction of sp³-hybridized carbons (Fsp3) is 0.421. The molecule has 0 spiro atoms. The van der Waals surface area contributed by atoms with Gasteiger partial charge in [-0.2, -0.15) is 0 Å². The van der Waals surface area contributed by atoms with Gasteiger partial charge >= 0.3 is 0 Å². The highest BCUT2D eigenvalue weighted by molar-refractivity contribution is 5.94. The van der Waals surface area contributed by atoms with Crippen LogP contribution in [-0.2, 0) is 6.42 Å². The van der Waals surface area contributed by atoms with Gasteiger partial charge in [-0.3, -0.25) is 4.79 Å². The molecule has 1 fully saturated rings. The van der Waals surface area contributed by atoms with Gasteiger partial charge in [-0.25, -0.2) is 4.68 Å². The molecule has 1 aromatic heterocycles. The topological polar surface area (TPSA) is 154 Å². The zero-order valence-electron chi connectivity index (χ0n) is 16.2. The molecule has 3 rings (SSSR count). The lowest BCUT2D eigenvalue weighted by molar-refractivity contribution is -0.213. The van der Waals surface area contributed by atoms with Crippen molar-refractivity contribution in [3.8, 4) is 5.69 Å². The largest absolute Gasteiger partial charge is 0.858 e. The average molecular weight is 398 g/mol. The minimum absolute atomic E-state index is 0.121. The van der Waals surface area contributed by atoms with E-state index in [2.05, 4.69) is 25.8 Å². The van der Waals surface area contributed by atoms with Crippen LogP contribution in [0, 0.1) is 0 Å². The summed E-state index contributed by atoms with van der Waals surface area (Å²) in [4.78, 5) is 16.4. The van der Waals surface area contributed by atoms with Crippen molar-refractivity contribution < 1.29 is 15.1 Å². The molecule has 154 valence electrons. The van der Waals surface area contributed by atoms with E-state index in [1.165, 1.54) is 0 Å². The van der Waals surface area contributed by atoms with Crippen LogP contribution in [0.15, 0.2) is 34.4 Å². The van der Waals surface area contributed by atoms with Crippen LogP contribution in [0.25, 0.3) is 5.69 Å². The minimum atomic E-state index is -0.277. The maximum absolute atomic E-state index is 12.6. The van der Waals surface area contributed by atoms with Crippen molar-refractivity contribution >= 4 is 17.6 Å². The molecule has 0 atom stereocenters. The van der Waals surface area contributed by atoms with Gasteiger partial charge in [0.15, 0.2) is 5.69 Å². The van der Waals surface area contributed by atoms with Crippen molar-refractivity contribution in [2.75, 3.05) is 6.54 Å². The SMILES string of the molecule is CCN=C([O-])c1ccc(-n2nnc(C(=O)NC3CC3)c2CCC/C(N)=N/O)cc1. The molecule has 0 radical (unpaired) electrons. The molecule has 29 heavy (non-hydrogen) atoms. The van der Waals surface area contributed by atoms with E-state index >= 15 is 0 Å². The monoisotopic (exact) mass is 398 g/mol. The van der Waals surface area contributed by atoms with Crippen molar-refractivity contribution in [1.82, 2.24) is 20.3 Å². The molecule has 0 aliphatic heterocycles. The van der Waals surface area contributed by atoms with Gasteiger partial charge in [-0.05, 0) is 56.2 Å². The molecule has 1 amide bonds. The highest BCUT2D eigenvalue weighted by atomic mass is 16.4. The third-order valence-corrected chi connectivity index (χ3v) is 4.53. The van der Waals surface area contributed by atoms with Gasteiger partial charge in [-0.1, -0.05) is 22.5 Å². The number of amides is 1. The first-order chi connectivity index (χ1) is 14.0. The van der Waals surface area contributed by atoms with E-state index in [0.717, 1.165) is 12.8 Å². The predicted molar refractivity (Wildman–Crippen MR) is 105 cm³/mol. The summed E-state index contributed by atoms with van der Waals surface area (Å²) in [5.74, 6) is -0.414. The average Bonchev–Trinajstić information content (AvgIpc) is 3.44. The van der Waals surface area contributed by atoms with Crippen molar-refractivity contribution in [2.45, 2.75) is 45.1 Å². The Balaban J connectivity index is 1.87. The van der Waals surface area contributed by atoms with Crippen LogP contribution in [0.2, 0.25) is 0 Å². The van der Waals surface area contributed by atoms with Crippen LogP contribution in [0.3, 0.4) is 0 Å². The number of hydrogen-bond acceptors (Lipinski definition) is 7. The van der Waals surface area contributed by atoms with E-state index in [9.17, 15) is 9.90 Å². The van der Waals surface area contributed by atoms with Crippen LogP contribution in [0.5, 0.6) is 0 Å². The summed E-state index contributed by atoms with van der Waals surface area (Å²) in [5, 5.41) is 34.7. The Labute approximate surface area is 168 Å². The van der Waals surface area contributed by atoms with Crippen molar-refractivity contribution in [3.63, 3.8) is 0 Å². The summed E-state index contributed by atoms with van der Waals surface area (Å²) in [5.41, 5.74) is 7.60. The van der Waals surface area contributed by atoms with Crippen LogP contribution in [0.4, 0.5) is 0 Å². The van der Waals surface area contributed by atoms with Crippen LogP contribution in [-0.4, -0.2) is 50.4 Å². The van der Waals surface area contributed by atoms with E-state index in [-0.39, 0.29) is 29.4 Å². The summed E-state index contributed by atoms with van der Waals surface area (Å²) < 4.78 is 1.58. The molecule has 4 N–H and O–H groups in total. The Kier molecular flexibility index (Phi) is 6.43. The molecule has 1 aliphatic rings. The second kappa shape index (κ2) is 9.18. The first-order valence-electron chi connectivity index (χ1n) is 9.57. The maximum atomic E-state index is 12.6. The number of rotatable bonds is 9. The fourth-order valence-electron chi connectivity index (χ4n) is 2.86. The number of benzene rings is 1. The lowest BCUT2D eigenvalue weighted by Crippen LogP contribution is -2.27. The molecule has 0 unspecified atom stereocenters. The molecule has 2 aromatic rings. The Morgan fingerprint density at radius 1 is 1.38 bits per heavy atom. The maximum Gasteiger partial charge on any atom is 0.273 e. The number of amidine groups is 1. The molecular weight excluding hydrogens is 374 g/mol. The molecule has 1 aromatic carbocycles. The highest BCUT2D eigenvalue weighted by Crippen LogP contribution is 2.21. The van der Waals surface area contributed by atoms with Gasteiger partial charge in [0.05, 0.1) is 11.4 Å². The second-order valence-electron chi connectivity index (χ2n) is 6.82. The number of carbonyl (C=O) groups excluding carboxylic acids is 1. The van der Waals surface area contributed by atoms with Crippen LogP contribution in [0.1, 0.15) is 54.4 Å². The minimum Gasteiger partial charge on any atom is -0.858 e. The molecule has 10 nitrogen and oxygen atoms in total. The Morgan fingerprint density at radius 3 is 2.72 bits per heavy atom. The predicted octanol–water partition coefficient (Wildman–Crippen LogP) is 0.355. The highest BCUT2D eigenvalue weighted by Gasteiger charge is 2.27. The molecule has 1 saturated carbocycles. The van der Waals surface area contributed by atoms with E-state index in [4.69, 9.17) is 10.9 Å². The fourth-order valence-corrected chi connectivity index (χ4v) is 2.86. The third kappa shape index (κ3) is 5.09. The van der Waals surface area contributed by atoms with Gasteiger partial charge in [0.25, 0.3) is 5.91 Å². The number of oxime groups is 1. The van der Waals surface area contributed by atoms with Gasteiger partial charge < -0.3 is 26.4 Å². The number of nitrogens with two attached hydrogens (primary N) is 1. The van der Waals surface area contributed by atoms with Gasteiger partial charge in [-0.15, -0.1) is 5.10 Å². The van der Waals surface area contributed by atoms with Gasteiger partial charge in [0.1, 0.15) is 5.84 Å². The lowest BCUT2D eigenvalue weighted by Gasteiger charge is -2.12. The third-order valence-electron chi connectivity index (χ3n) is 4.53. The van der Waals surface area contributed by atoms with Crippen molar-refractivity contribution in [2.24, 2.45) is 15.9 Å². The summed E-state index contributed by atoms with van der Waals surface area (Å²) in [6.07, 6.45) is 3.33. The molecule has 10 heteroatoms. The van der Waals surface area contributed by atoms with E-state index in [1.807, 2.05) is 0 Å². The Morgan fingerprint density at radius 2 is 2.10 bits per heavy atom. The smallest absolute Gasteiger partial charge is 0.273 e. The summed E-state index contributed by atoms with van der Waals surface area (Å²) in [6.45, 7) is 2.23. The van der Waals surface area contributed by atoms with Crippen molar-refractivity contribution in [3.05, 3.63) is 41.2 Å². The molecular formula is C19H24N7O3-. The molecule has 1 heterocycles. The molecule has 1 aliphatic carbocycles. The summed E-state index contributed by atoms with van der Waals surface area (Å²) >= 11 is 0. The number of hydrogen-bond donors (Lipinski definition) is 3. The van der Waals surface area contributed by atoms with Crippen molar-refractivity contribution in [1.29, 1.82) is 0 Å². The zero-order chi connectivity index (χ0) is 20.8. The molecule has 0 bridgehead atoms. The van der Waals surface area contributed by atoms with E-state index in [1.54, 1.807) is 35.9 Å². The van der Waals surface area contributed by atoms with Crippen LogP contribution < -0.4 is 16.2 Å². The summed E-state index contributed by atoms with van der Waals surface area (Å²) in [7, 11) is 0. The van der Waals surface area contributed by atoms with Crippen LogP contribution >= 0.6 is 0 Å². The van der Waals surface area contributed by atoms with E-state index in [0.29, 0.717) is 42.8 Å². The van der Waals surface area contributed by atoms with E-state index < -0.39 is 0 Å². The molecule has 0 saturated heterocycles. The number of nitrogens with zero attached hydrogens (tertiary/aromatic N) is 5. The zero-order valence-corrected chi connectivity index (χ0v) is 16.2. The second-order valence-corrected chi connectivity index (χ2v) is 6.82. The number of nitrogens with one attached hydrogen (secondary N) is 1.